The monoisotopic (exact) mass is 829 g/mol. The maximum absolute atomic E-state index is 6.68. The van der Waals surface area contributed by atoms with E-state index < -0.39 is 23.7 Å². The number of hydrogen-bond acceptors (Lipinski definition) is 4. The lowest BCUT2D eigenvalue weighted by molar-refractivity contribution is 0.00578. The largest absolute Gasteiger partial charge is 0.494 e. The van der Waals surface area contributed by atoms with Gasteiger partial charge in [0.15, 0.2) is 0 Å². The molecule has 1 saturated heterocycles. The molecule has 0 bridgehead atoms. The second kappa shape index (κ2) is 14.6. The van der Waals surface area contributed by atoms with Crippen molar-refractivity contribution in [3.8, 4) is 44.9 Å². The molecule has 1 spiro atoms. The molecular weight excluding hydrogens is 781 g/mol. The van der Waals surface area contributed by atoms with E-state index in [0.717, 1.165) is 52.3 Å². The van der Waals surface area contributed by atoms with Crippen molar-refractivity contribution in [3.05, 3.63) is 227 Å². The lowest BCUT2D eigenvalue weighted by Gasteiger charge is -2.39. The molecule has 1 aliphatic carbocycles. The topological polar surface area (TPSA) is 40.0 Å². The fraction of sp³-hybridized carbons (Fsp3) is 0.169. The zero-order valence-electron chi connectivity index (χ0n) is 36.6. The van der Waals surface area contributed by atoms with E-state index in [2.05, 4.69) is 216 Å². The van der Waals surface area contributed by atoms with Gasteiger partial charge >= 0.3 is 7.12 Å². The summed E-state index contributed by atoms with van der Waals surface area (Å²) in [6.45, 7) is 8.45. The second-order valence-corrected chi connectivity index (χ2v) is 18.8. The molecule has 8 aromatic rings. The van der Waals surface area contributed by atoms with Crippen molar-refractivity contribution < 1.29 is 14.0 Å². The van der Waals surface area contributed by atoms with Crippen LogP contribution in [0.2, 0.25) is 0 Å². The van der Waals surface area contributed by atoms with Crippen molar-refractivity contribution >= 4 is 24.0 Å². The van der Waals surface area contributed by atoms with Gasteiger partial charge in [0.05, 0.1) is 22.3 Å². The number of nitrogens with zero attached hydrogens (tertiary/aromatic N) is 1. The fourth-order valence-corrected chi connectivity index (χ4v) is 10.7. The normalized spacial score (nSPS) is 18.2. The standard InChI is InChI=1S/C59H48BNO3/c1-57(2)58(3,4)64-60(63-57)44-31-33-47-46-32-30-43(36-51(46)59(52(47)37-44)49-17-9-12-20-55(49)62-56-21-13-10-18-50(56)59)40-24-22-38(23-25-40)39-26-28-41(29-27-39)45-34-35-53(42-14-6-5-7-15-42)61-54-19-11-8-16-48(45)54/h5-33,36-37,45H,34-35H2,1-4H3/t45-/m0/s1. The van der Waals surface area contributed by atoms with E-state index in [4.69, 9.17) is 19.0 Å². The highest BCUT2D eigenvalue weighted by atomic mass is 16.7. The van der Waals surface area contributed by atoms with E-state index in [1.807, 2.05) is 0 Å². The molecule has 3 heterocycles. The first-order chi connectivity index (χ1) is 31.2. The maximum atomic E-state index is 6.68. The average Bonchev–Trinajstić information content (AvgIpc) is 3.62. The summed E-state index contributed by atoms with van der Waals surface area (Å²) in [6, 6.07) is 68.4. The first-order valence-corrected chi connectivity index (χ1v) is 22.6. The van der Waals surface area contributed by atoms with Gasteiger partial charge in [0, 0.05) is 22.8 Å². The number of ether oxygens (including phenoxy) is 1. The van der Waals surface area contributed by atoms with Gasteiger partial charge in [-0.3, -0.25) is 4.99 Å². The van der Waals surface area contributed by atoms with Gasteiger partial charge in [0.1, 0.15) is 11.5 Å². The Labute approximate surface area is 376 Å². The van der Waals surface area contributed by atoms with Crippen LogP contribution in [0.4, 0.5) is 5.69 Å². The number of fused-ring (bicyclic) bond motifs is 10. The van der Waals surface area contributed by atoms with Crippen molar-refractivity contribution in [1.29, 1.82) is 0 Å². The lowest BCUT2D eigenvalue weighted by atomic mass is 9.64. The summed E-state index contributed by atoms with van der Waals surface area (Å²) in [5.41, 5.74) is 17.4. The Kier molecular flexibility index (Phi) is 8.89. The molecule has 0 N–H and O–H groups in total. The van der Waals surface area contributed by atoms with E-state index in [9.17, 15) is 0 Å². The number of aliphatic imine (C=N–C) groups is 1. The van der Waals surface area contributed by atoms with E-state index >= 15 is 0 Å². The summed E-state index contributed by atoms with van der Waals surface area (Å²) in [4.78, 5) is 5.19. The molecule has 5 heteroatoms. The van der Waals surface area contributed by atoms with Gasteiger partial charge in [0.25, 0.3) is 0 Å². The molecule has 0 amide bonds. The molecule has 4 aliphatic rings. The van der Waals surface area contributed by atoms with Crippen LogP contribution in [0.15, 0.2) is 193 Å². The first-order valence-electron chi connectivity index (χ1n) is 22.6. The number of rotatable bonds is 5. The quantitative estimate of drug-likeness (QED) is 0.162. The molecule has 0 saturated carbocycles. The molecule has 4 nitrogen and oxygen atoms in total. The van der Waals surface area contributed by atoms with E-state index in [1.54, 1.807) is 0 Å². The number of para-hydroxylation sites is 3. The van der Waals surface area contributed by atoms with Gasteiger partial charge in [-0.05, 0) is 131 Å². The summed E-state index contributed by atoms with van der Waals surface area (Å²) in [7, 11) is -0.483. The van der Waals surface area contributed by atoms with Crippen molar-refractivity contribution in [2.45, 2.75) is 63.1 Å². The molecule has 3 aliphatic heterocycles. The van der Waals surface area contributed by atoms with Crippen LogP contribution in [0.1, 0.15) is 85.4 Å². The van der Waals surface area contributed by atoms with E-state index in [0.29, 0.717) is 0 Å². The van der Waals surface area contributed by atoms with Crippen LogP contribution in [0.3, 0.4) is 0 Å². The lowest BCUT2D eigenvalue weighted by Crippen LogP contribution is -2.41. The third-order valence-electron chi connectivity index (χ3n) is 14.7. The predicted molar refractivity (Wildman–Crippen MR) is 261 cm³/mol. The van der Waals surface area contributed by atoms with Gasteiger partial charge in [0.2, 0.25) is 0 Å². The summed E-state index contributed by atoms with van der Waals surface area (Å²) >= 11 is 0. The van der Waals surface area contributed by atoms with Crippen molar-refractivity contribution in [2.75, 3.05) is 0 Å². The molecule has 12 rings (SSSR count). The summed E-state index contributed by atoms with van der Waals surface area (Å²) in [5.74, 6) is 2.02. The Morgan fingerprint density at radius 2 is 1.02 bits per heavy atom. The Hall–Kier alpha value is -6.79. The molecule has 0 unspecified atom stereocenters. The van der Waals surface area contributed by atoms with E-state index in [1.165, 1.54) is 61.2 Å². The van der Waals surface area contributed by atoms with Gasteiger partial charge < -0.3 is 14.0 Å². The minimum Gasteiger partial charge on any atom is -0.457 e. The van der Waals surface area contributed by atoms with Crippen LogP contribution < -0.4 is 10.2 Å². The maximum Gasteiger partial charge on any atom is 0.494 e. The molecule has 0 aromatic heterocycles. The van der Waals surface area contributed by atoms with Crippen LogP contribution in [0, 0.1) is 0 Å². The summed E-state index contributed by atoms with van der Waals surface area (Å²) in [6.07, 6.45) is 1.94. The zero-order valence-corrected chi connectivity index (χ0v) is 36.6. The highest BCUT2D eigenvalue weighted by Crippen LogP contribution is 2.62. The molecule has 64 heavy (non-hydrogen) atoms. The van der Waals surface area contributed by atoms with Crippen LogP contribution >= 0.6 is 0 Å². The van der Waals surface area contributed by atoms with Crippen molar-refractivity contribution in [2.24, 2.45) is 4.99 Å². The van der Waals surface area contributed by atoms with Crippen LogP contribution in [0.25, 0.3) is 33.4 Å². The van der Waals surface area contributed by atoms with Gasteiger partial charge in [-0.2, -0.15) is 0 Å². The Morgan fingerprint density at radius 1 is 0.484 bits per heavy atom. The molecule has 0 radical (unpaired) electrons. The smallest absolute Gasteiger partial charge is 0.457 e. The highest BCUT2D eigenvalue weighted by Gasteiger charge is 2.54. The molecular formula is C59H48BNO3. The van der Waals surface area contributed by atoms with Gasteiger partial charge in [-0.25, -0.2) is 0 Å². The fourth-order valence-electron chi connectivity index (χ4n) is 10.7. The van der Waals surface area contributed by atoms with E-state index in [-0.39, 0.29) is 5.92 Å². The number of benzene rings is 8. The number of hydrogen-bond donors (Lipinski definition) is 0. The SMILES string of the molecule is CC1(C)OB(c2ccc3c(c2)C2(c4ccccc4Oc4ccccc42)c2cc(-c4ccc(-c5ccc([C@@H]6CCC(c7ccccc7)=Nc7ccccc76)cc5)cc4)ccc2-3)OC1(C)C. The van der Waals surface area contributed by atoms with Gasteiger partial charge in [-0.15, -0.1) is 0 Å². The molecule has 8 aromatic carbocycles. The van der Waals surface area contributed by atoms with Crippen LogP contribution in [0.5, 0.6) is 11.5 Å². The molecule has 1 atom stereocenters. The van der Waals surface area contributed by atoms with Crippen molar-refractivity contribution in [1.82, 2.24) is 0 Å². The first kappa shape index (κ1) is 38.9. The average molecular weight is 830 g/mol. The highest BCUT2D eigenvalue weighted by molar-refractivity contribution is 6.62. The zero-order chi connectivity index (χ0) is 43.2. The Bertz CT molecular complexity index is 3090. The third-order valence-corrected chi connectivity index (χ3v) is 14.7. The Morgan fingerprint density at radius 3 is 1.69 bits per heavy atom. The minimum atomic E-state index is -0.624. The minimum absolute atomic E-state index is 0.275. The molecule has 310 valence electrons. The summed E-state index contributed by atoms with van der Waals surface area (Å²) in [5, 5.41) is 0. The molecule has 1 fully saturated rings. The van der Waals surface area contributed by atoms with Crippen LogP contribution in [-0.2, 0) is 14.7 Å². The van der Waals surface area contributed by atoms with Crippen LogP contribution in [-0.4, -0.2) is 24.0 Å². The third kappa shape index (κ3) is 6.02. The van der Waals surface area contributed by atoms with Crippen molar-refractivity contribution in [3.63, 3.8) is 0 Å². The summed E-state index contributed by atoms with van der Waals surface area (Å²) < 4.78 is 20.0. The second-order valence-electron chi connectivity index (χ2n) is 18.8. The predicted octanol–water partition coefficient (Wildman–Crippen LogP) is 13.8. The Balaban J connectivity index is 0.897. The van der Waals surface area contributed by atoms with Gasteiger partial charge in [-0.1, -0.05) is 164 Å².